The number of carbonyl (C=O) groups excluding carboxylic acids is 1. The molecule has 0 atom stereocenters. The zero-order valence-corrected chi connectivity index (χ0v) is 13.4. The Morgan fingerprint density at radius 2 is 2.14 bits per heavy atom. The van der Waals surface area contributed by atoms with Gasteiger partial charge in [0.1, 0.15) is 5.75 Å². The number of likely N-dealkylation sites (tertiary alicyclic amines) is 1. The lowest BCUT2D eigenvalue weighted by atomic mass is 9.93. The molecule has 0 saturated carbocycles. The molecule has 0 radical (unpaired) electrons. The Kier molecular flexibility index (Phi) is 5.88. The molecule has 0 aliphatic carbocycles. The number of hydrogen-bond donors (Lipinski definition) is 1. The van der Waals surface area contributed by atoms with E-state index in [4.69, 9.17) is 16.3 Å². The normalized spacial score (nSPS) is 16.0. The summed E-state index contributed by atoms with van der Waals surface area (Å²) in [6, 6.07) is 5.17. The number of benzene rings is 1. The summed E-state index contributed by atoms with van der Waals surface area (Å²) in [5.74, 6) is 1.30. The number of nitrogens with one attached hydrogen (secondary N) is 1. The van der Waals surface area contributed by atoms with Crippen LogP contribution in [0.2, 0.25) is 5.02 Å². The van der Waals surface area contributed by atoms with Gasteiger partial charge in [0.05, 0.1) is 12.7 Å². The number of nitrogens with zero attached hydrogens (tertiary/aromatic N) is 1. The van der Waals surface area contributed by atoms with E-state index < -0.39 is 0 Å². The van der Waals surface area contributed by atoms with Crippen molar-refractivity contribution in [1.82, 2.24) is 10.2 Å². The fourth-order valence-corrected chi connectivity index (χ4v) is 2.95. The van der Waals surface area contributed by atoms with Crippen LogP contribution in [0, 0.1) is 5.92 Å². The molecule has 1 aromatic carbocycles. The molecule has 5 heteroatoms. The van der Waals surface area contributed by atoms with Gasteiger partial charge >= 0.3 is 0 Å². The van der Waals surface area contributed by atoms with E-state index in [1.54, 1.807) is 25.3 Å². The molecule has 1 amide bonds. The summed E-state index contributed by atoms with van der Waals surface area (Å²) in [5.41, 5.74) is 0.593. The SMILES string of the molecule is CNCCC1CCN(C(=O)c2ccc(Cl)cc2OC)CC1. The third-order valence-electron chi connectivity index (χ3n) is 4.10. The second-order valence-corrected chi connectivity index (χ2v) is 5.91. The second-order valence-electron chi connectivity index (χ2n) is 5.47. The van der Waals surface area contributed by atoms with Crippen LogP contribution in [0.3, 0.4) is 0 Å². The lowest BCUT2D eigenvalue weighted by Crippen LogP contribution is -2.39. The van der Waals surface area contributed by atoms with E-state index in [-0.39, 0.29) is 5.91 Å². The first-order valence-electron chi connectivity index (χ1n) is 7.43. The van der Waals surface area contributed by atoms with E-state index in [2.05, 4.69) is 5.32 Å². The van der Waals surface area contributed by atoms with E-state index in [1.165, 1.54) is 6.42 Å². The summed E-state index contributed by atoms with van der Waals surface area (Å²) in [7, 11) is 3.54. The quantitative estimate of drug-likeness (QED) is 0.909. The lowest BCUT2D eigenvalue weighted by Gasteiger charge is -2.32. The van der Waals surface area contributed by atoms with Crippen molar-refractivity contribution in [2.24, 2.45) is 5.92 Å². The van der Waals surface area contributed by atoms with Gasteiger partial charge in [-0.2, -0.15) is 0 Å². The van der Waals surface area contributed by atoms with Gasteiger partial charge in [-0.15, -0.1) is 0 Å². The van der Waals surface area contributed by atoms with E-state index in [0.717, 1.165) is 32.5 Å². The maximum absolute atomic E-state index is 12.6. The van der Waals surface area contributed by atoms with Crippen LogP contribution < -0.4 is 10.1 Å². The Balaban J connectivity index is 1.99. The molecule has 21 heavy (non-hydrogen) atoms. The highest BCUT2D eigenvalue weighted by Gasteiger charge is 2.25. The zero-order chi connectivity index (χ0) is 15.2. The fraction of sp³-hybridized carbons (Fsp3) is 0.562. The van der Waals surface area contributed by atoms with Gasteiger partial charge in [-0.1, -0.05) is 11.6 Å². The molecule has 116 valence electrons. The summed E-state index contributed by atoms with van der Waals surface area (Å²) in [6.07, 6.45) is 3.33. The van der Waals surface area contributed by atoms with Crippen LogP contribution in [0.15, 0.2) is 18.2 Å². The molecular formula is C16H23ClN2O2. The first-order chi connectivity index (χ1) is 10.2. The molecule has 1 saturated heterocycles. The van der Waals surface area contributed by atoms with Gasteiger partial charge in [-0.3, -0.25) is 4.79 Å². The summed E-state index contributed by atoms with van der Waals surface area (Å²) < 4.78 is 5.27. The average Bonchev–Trinajstić information content (AvgIpc) is 2.52. The molecule has 1 heterocycles. The molecule has 1 fully saturated rings. The highest BCUT2D eigenvalue weighted by atomic mass is 35.5. The topological polar surface area (TPSA) is 41.6 Å². The summed E-state index contributed by atoms with van der Waals surface area (Å²) in [4.78, 5) is 14.5. The van der Waals surface area contributed by atoms with Crippen LogP contribution in [0.25, 0.3) is 0 Å². The molecule has 0 aromatic heterocycles. The van der Waals surface area contributed by atoms with E-state index in [0.29, 0.717) is 22.3 Å². The van der Waals surface area contributed by atoms with Crippen LogP contribution in [-0.2, 0) is 0 Å². The standard InChI is InChI=1S/C16H23ClN2O2/c1-18-8-5-12-6-9-19(10-7-12)16(20)14-4-3-13(17)11-15(14)21-2/h3-4,11-12,18H,5-10H2,1-2H3. The average molecular weight is 311 g/mol. The van der Waals surface area contributed by atoms with Crippen molar-refractivity contribution in [1.29, 1.82) is 0 Å². The minimum absolute atomic E-state index is 0.0376. The molecule has 1 aliphatic rings. The monoisotopic (exact) mass is 310 g/mol. The molecule has 1 aromatic rings. The number of rotatable bonds is 5. The first-order valence-corrected chi connectivity index (χ1v) is 7.81. The van der Waals surface area contributed by atoms with Gasteiger partial charge in [-0.25, -0.2) is 0 Å². The van der Waals surface area contributed by atoms with Crippen LogP contribution in [0.1, 0.15) is 29.6 Å². The smallest absolute Gasteiger partial charge is 0.257 e. The van der Waals surface area contributed by atoms with Crippen molar-refractivity contribution in [3.63, 3.8) is 0 Å². The minimum Gasteiger partial charge on any atom is -0.496 e. The van der Waals surface area contributed by atoms with E-state index in [9.17, 15) is 4.79 Å². The summed E-state index contributed by atoms with van der Waals surface area (Å²) >= 11 is 5.94. The minimum atomic E-state index is 0.0376. The Morgan fingerprint density at radius 3 is 2.76 bits per heavy atom. The van der Waals surface area contributed by atoms with Gasteiger partial charge < -0.3 is 15.0 Å². The third-order valence-corrected chi connectivity index (χ3v) is 4.33. The maximum Gasteiger partial charge on any atom is 0.257 e. The fourth-order valence-electron chi connectivity index (χ4n) is 2.79. The van der Waals surface area contributed by atoms with Crippen molar-refractivity contribution in [3.05, 3.63) is 28.8 Å². The Morgan fingerprint density at radius 1 is 1.43 bits per heavy atom. The first kappa shape index (κ1) is 16.1. The van der Waals surface area contributed by atoms with Crippen LogP contribution in [0.5, 0.6) is 5.75 Å². The second kappa shape index (κ2) is 7.66. The van der Waals surface area contributed by atoms with Gasteiger partial charge in [-0.05, 0) is 57.0 Å². The highest BCUT2D eigenvalue weighted by Crippen LogP contribution is 2.27. The molecule has 4 nitrogen and oxygen atoms in total. The van der Waals surface area contributed by atoms with Crippen LogP contribution in [0.4, 0.5) is 0 Å². The van der Waals surface area contributed by atoms with Crippen LogP contribution in [-0.4, -0.2) is 44.6 Å². The van der Waals surface area contributed by atoms with Crippen molar-refractivity contribution < 1.29 is 9.53 Å². The van der Waals surface area contributed by atoms with Crippen molar-refractivity contribution >= 4 is 17.5 Å². The number of methoxy groups -OCH3 is 1. The number of ether oxygens (including phenoxy) is 1. The van der Waals surface area contributed by atoms with Crippen molar-refractivity contribution in [2.75, 3.05) is 33.8 Å². The van der Waals surface area contributed by atoms with Crippen molar-refractivity contribution in [3.8, 4) is 5.75 Å². The number of halogens is 1. The molecule has 2 rings (SSSR count). The molecular weight excluding hydrogens is 288 g/mol. The number of amides is 1. The Bertz CT molecular complexity index is 485. The zero-order valence-electron chi connectivity index (χ0n) is 12.7. The summed E-state index contributed by atoms with van der Waals surface area (Å²) in [5, 5.41) is 3.76. The Labute approximate surface area is 131 Å². The molecule has 1 N–H and O–H groups in total. The number of hydrogen-bond acceptors (Lipinski definition) is 3. The van der Waals surface area contributed by atoms with Gasteiger partial charge in [0.25, 0.3) is 5.91 Å². The van der Waals surface area contributed by atoms with Gasteiger partial charge in [0.2, 0.25) is 0 Å². The molecule has 0 spiro atoms. The largest absolute Gasteiger partial charge is 0.496 e. The van der Waals surface area contributed by atoms with E-state index >= 15 is 0 Å². The Hall–Kier alpha value is -1.26. The molecule has 0 unspecified atom stereocenters. The predicted octanol–water partition coefficient (Wildman–Crippen LogP) is 2.81. The summed E-state index contributed by atoms with van der Waals surface area (Å²) in [6.45, 7) is 2.68. The third kappa shape index (κ3) is 4.11. The number of carbonyl (C=O) groups is 1. The van der Waals surface area contributed by atoms with E-state index in [1.807, 2.05) is 11.9 Å². The molecule has 0 bridgehead atoms. The maximum atomic E-state index is 12.6. The lowest BCUT2D eigenvalue weighted by molar-refractivity contribution is 0.0684. The van der Waals surface area contributed by atoms with Gasteiger partial charge in [0.15, 0.2) is 0 Å². The predicted molar refractivity (Wildman–Crippen MR) is 85.2 cm³/mol. The van der Waals surface area contributed by atoms with Crippen LogP contribution >= 0.6 is 11.6 Å². The number of piperidine rings is 1. The molecule has 1 aliphatic heterocycles. The highest BCUT2D eigenvalue weighted by molar-refractivity contribution is 6.30. The van der Waals surface area contributed by atoms with Crippen molar-refractivity contribution in [2.45, 2.75) is 19.3 Å². The van der Waals surface area contributed by atoms with Gasteiger partial charge in [0, 0.05) is 18.1 Å².